The molecular weight excluding hydrogens is 230 g/mol. The minimum Gasteiger partial charge on any atom is -0.313 e. The van der Waals surface area contributed by atoms with Crippen molar-refractivity contribution >= 4 is 22.4 Å². The third-order valence-electron chi connectivity index (χ3n) is 2.70. The Morgan fingerprint density at radius 2 is 2.29 bits per heavy atom. The number of rotatable bonds is 4. The zero-order chi connectivity index (χ0) is 12.4. The highest BCUT2D eigenvalue weighted by atomic mass is 32.1. The summed E-state index contributed by atoms with van der Waals surface area (Å²) in [6, 6.07) is 0. The molecule has 0 saturated heterocycles. The molecule has 0 unspecified atom stereocenters. The number of aryl methyl sites for hydroxylation is 2. The summed E-state index contributed by atoms with van der Waals surface area (Å²) < 4.78 is 2.19. The minimum atomic E-state index is 0.937. The fraction of sp³-hybridized carbons (Fsp3) is 0.462. The van der Waals surface area contributed by atoms with Crippen molar-refractivity contribution in [1.29, 1.82) is 0 Å². The summed E-state index contributed by atoms with van der Waals surface area (Å²) in [6.07, 6.45) is 4.39. The molecule has 2 aromatic rings. The van der Waals surface area contributed by atoms with Crippen LogP contribution in [-0.4, -0.2) is 22.5 Å². The Kier molecular flexibility index (Phi) is 3.64. The molecule has 0 aliphatic rings. The van der Waals surface area contributed by atoms with Crippen LogP contribution in [0.4, 0.5) is 0 Å². The van der Waals surface area contributed by atoms with Gasteiger partial charge in [-0.2, -0.15) is 0 Å². The normalized spacial score (nSPS) is 12.6. The number of imidazole rings is 1. The molecule has 2 heterocycles. The van der Waals surface area contributed by atoms with E-state index in [-0.39, 0.29) is 0 Å². The fourth-order valence-corrected chi connectivity index (χ4v) is 2.74. The van der Waals surface area contributed by atoms with E-state index in [4.69, 9.17) is 0 Å². The molecule has 2 aromatic heterocycles. The summed E-state index contributed by atoms with van der Waals surface area (Å²) in [6.45, 7) is 10.4. The largest absolute Gasteiger partial charge is 0.313 e. The van der Waals surface area contributed by atoms with Crippen molar-refractivity contribution in [1.82, 2.24) is 14.7 Å². The standard InChI is InChI=1S/C13H19N3S/c1-5-14-7-9(2)6-12-11(4)15-13-16(12)8-10(3)17-13/h6,8,14H,5,7H2,1-4H3. The van der Waals surface area contributed by atoms with Gasteiger partial charge in [-0.05, 0) is 33.4 Å². The molecule has 0 amide bonds. The maximum atomic E-state index is 4.58. The van der Waals surface area contributed by atoms with Gasteiger partial charge in [0.1, 0.15) is 0 Å². The topological polar surface area (TPSA) is 29.3 Å². The van der Waals surface area contributed by atoms with Gasteiger partial charge in [0, 0.05) is 17.6 Å². The third kappa shape index (κ3) is 2.58. The molecule has 0 aliphatic heterocycles. The van der Waals surface area contributed by atoms with Gasteiger partial charge in [0.25, 0.3) is 0 Å². The molecule has 0 fully saturated rings. The van der Waals surface area contributed by atoms with Crippen LogP contribution >= 0.6 is 11.3 Å². The number of nitrogens with one attached hydrogen (secondary N) is 1. The molecule has 0 atom stereocenters. The van der Waals surface area contributed by atoms with Crippen molar-refractivity contribution in [3.63, 3.8) is 0 Å². The van der Waals surface area contributed by atoms with Crippen LogP contribution in [0, 0.1) is 13.8 Å². The number of thiazole rings is 1. The lowest BCUT2D eigenvalue weighted by molar-refractivity contribution is 0.778. The van der Waals surface area contributed by atoms with E-state index in [0.717, 1.165) is 23.7 Å². The van der Waals surface area contributed by atoms with Crippen LogP contribution in [0.3, 0.4) is 0 Å². The lowest BCUT2D eigenvalue weighted by Gasteiger charge is -2.02. The molecule has 0 aromatic carbocycles. The zero-order valence-electron chi connectivity index (χ0n) is 10.9. The predicted molar refractivity (Wildman–Crippen MR) is 74.7 cm³/mol. The van der Waals surface area contributed by atoms with E-state index >= 15 is 0 Å². The quantitative estimate of drug-likeness (QED) is 0.902. The van der Waals surface area contributed by atoms with E-state index in [2.05, 4.69) is 54.7 Å². The third-order valence-corrected chi connectivity index (χ3v) is 3.60. The summed E-state index contributed by atoms with van der Waals surface area (Å²) in [4.78, 5) is 6.97. The highest BCUT2D eigenvalue weighted by molar-refractivity contribution is 7.17. The van der Waals surface area contributed by atoms with E-state index in [1.807, 2.05) is 0 Å². The molecule has 0 spiro atoms. The van der Waals surface area contributed by atoms with Crippen LogP contribution in [0.2, 0.25) is 0 Å². The smallest absolute Gasteiger partial charge is 0.194 e. The number of hydrogen-bond acceptors (Lipinski definition) is 3. The Labute approximate surface area is 106 Å². The summed E-state index contributed by atoms with van der Waals surface area (Å²) in [7, 11) is 0. The van der Waals surface area contributed by atoms with Crippen LogP contribution in [0.15, 0.2) is 11.8 Å². The van der Waals surface area contributed by atoms with Crippen LogP contribution in [0.1, 0.15) is 30.1 Å². The van der Waals surface area contributed by atoms with Crippen molar-refractivity contribution in [3.8, 4) is 0 Å². The van der Waals surface area contributed by atoms with E-state index in [1.54, 1.807) is 11.3 Å². The lowest BCUT2D eigenvalue weighted by atomic mass is 10.2. The predicted octanol–water partition coefficient (Wildman–Crippen LogP) is 3.03. The number of likely N-dealkylation sites (N-methyl/N-ethyl adjacent to an activating group) is 1. The number of hydrogen-bond donors (Lipinski definition) is 1. The first-order chi connectivity index (χ1) is 8.11. The summed E-state index contributed by atoms with van der Waals surface area (Å²) in [5.41, 5.74) is 3.65. The first-order valence-corrected chi connectivity index (χ1v) is 6.76. The number of fused-ring (bicyclic) bond motifs is 1. The van der Waals surface area contributed by atoms with Crippen LogP contribution < -0.4 is 5.32 Å². The second-order valence-corrected chi connectivity index (χ2v) is 5.56. The molecule has 92 valence electrons. The molecule has 4 heteroatoms. The summed E-state index contributed by atoms with van der Waals surface area (Å²) >= 11 is 1.74. The monoisotopic (exact) mass is 249 g/mol. The van der Waals surface area contributed by atoms with Crippen LogP contribution in [-0.2, 0) is 0 Å². The summed E-state index contributed by atoms with van der Waals surface area (Å²) in [5, 5.41) is 3.34. The Morgan fingerprint density at radius 1 is 1.53 bits per heavy atom. The Balaban J connectivity index is 2.36. The molecule has 0 aliphatic carbocycles. The average molecular weight is 249 g/mol. The average Bonchev–Trinajstić information content (AvgIpc) is 2.74. The van der Waals surface area contributed by atoms with E-state index in [1.165, 1.54) is 16.1 Å². The van der Waals surface area contributed by atoms with Gasteiger partial charge in [-0.3, -0.25) is 4.40 Å². The van der Waals surface area contributed by atoms with Crippen molar-refractivity contribution < 1.29 is 0 Å². The Hall–Kier alpha value is -1.13. The first kappa shape index (κ1) is 12.3. The van der Waals surface area contributed by atoms with Gasteiger partial charge in [-0.25, -0.2) is 4.98 Å². The maximum Gasteiger partial charge on any atom is 0.194 e. The molecule has 0 saturated carbocycles. The first-order valence-electron chi connectivity index (χ1n) is 5.94. The highest BCUT2D eigenvalue weighted by Crippen LogP contribution is 2.22. The number of nitrogens with zero attached hydrogens (tertiary/aromatic N) is 2. The maximum absolute atomic E-state index is 4.58. The Morgan fingerprint density at radius 3 is 3.00 bits per heavy atom. The molecule has 2 rings (SSSR count). The Bertz CT molecular complexity index is 548. The van der Waals surface area contributed by atoms with Crippen LogP contribution in [0.5, 0.6) is 0 Å². The number of aromatic nitrogens is 2. The van der Waals surface area contributed by atoms with Gasteiger partial charge < -0.3 is 5.32 Å². The fourth-order valence-electron chi connectivity index (χ4n) is 1.86. The molecular formula is C13H19N3S. The minimum absolute atomic E-state index is 0.937. The molecule has 1 N–H and O–H groups in total. The molecule has 17 heavy (non-hydrogen) atoms. The molecule has 0 bridgehead atoms. The van der Waals surface area contributed by atoms with Crippen LogP contribution in [0.25, 0.3) is 11.0 Å². The zero-order valence-corrected chi connectivity index (χ0v) is 11.7. The van der Waals surface area contributed by atoms with Crippen molar-refractivity contribution in [3.05, 3.63) is 28.0 Å². The lowest BCUT2D eigenvalue weighted by Crippen LogP contribution is -2.14. The SMILES string of the molecule is CCNCC(C)=Cc1c(C)nc2sc(C)cn12. The second kappa shape index (κ2) is 5.02. The van der Waals surface area contributed by atoms with Gasteiger partial charge in [0.15, 0.2) is 4.96 Å². The van der Waals surface area contributed by atoms with Crippen molar-refractivity contribution in [2.45, 2.75) is 27.7 Å². The molecule has 3 nitrogen and oxygen atoms in total. The van der Waals surface area contributed by atoms with E-state index < -0.39 is 0 Å². The van der Waals surface area contributed by atoms with E-state index in [9.17, 15) is 0 Å². The van der Waals surface area contributed by atoms with Crippen molar-refractivity contribution in [2.75, 3.05) is 13.1 Å². The van der Waals surface area contributed by atoms with Gasteiger partial charge in [-0.1, -0.05) is 12.5 Å². The van der Waals surface area contributed by atoms with Gasteiger partial charge in [-0.15, -0.1) is 11.3 Å². The highest BCUT2D eigenvalue weighted by Gasteiger charge is 2.08. The van der Waals surface area contributed by atoms with Gasteiger partial charge in [0.05, 0.1) is 11.4 Å². The van der Waals surface area contributed by atoms with Gasteiger partial charge >= 0.3 is 0 Å². The second-order valence-electron chi connectivity index (χ2n) is 4.35. The molecule has 0 radical (unpaired) electrons. The van der Waals surface area contributed by atoms with Crippen molar-refractivity contribution in [2.24, 2.45) is 0 Å². The summed E-state index contributed by atoms with van der Waals surface area (Å²) in [5.74, 6) is 0. The van der Waals surface area contributed by atoms with E-state index in [0.29, 0.717) is 0 Å². The van der Waals surface area contributed by atoms with Gasteiger partial charge in [0.2, 0.25) is 0 Å².